The van der Waals surface area contributed by atoms with E-state index in [9.17, 15) is 13.3 Å². The zero-order valence-corrected chi connectivity index (χ0v) is 26.8. The largest absolute Gasteiger partial charge is 0.609 e. The number of ether oxygens (including phenoxy) is 1. The van der Waals surface area contributed by atoms with Crippen LogP contribution in [0.1, 0.15) is 27.2 Å². The van der Waals surface area contributed by atoms with Gasteiger partial charge in [0.05, 0.1) is 12.6 Å². The Balaban J connectivity index is 1.56. The summed E-state index contributed by atoms with van der Waals surface area (Å²) in [4.78, 5) is 13.8. The summed E-state index contributed by atoms with van der Waals surface area (Å²) in [6.45, 7) is 5.88. The van der Waals surface area contributed by atoms with Crippen molar-refractivity contribution in [2.24, 2.45) is 0 Å². The minimum Gasteiger partial charge on any atom is -0.609 e. The van der Waals surface area contributed by atoms with E-state index in [0.717, 1.165) is 10.4 Å². The number of pyridine rings is 1. The molecule has 4 aromatic rings. The van der Waals surface area contributed by atoms with E-state index in [-0.39, 0.29) is 52.4 Å². The summed E-state index contributed by atoms with van der Waals surface area (Å²) in [6.07, 6.45) is -1.15. The third-order valence-electron chi connectivity index (χ3n) is 7.58. The molecular formula is C30H32ClF3N4O3SSi. The van der Waals surface area contributed by atoms with Crippen LogP contribution >= 0.6 is 11.6 Å². The van der Waals surface area contributed by atoms with Crippen LogP contribution in [0.5, 0.6) is 5.88 Å². The highest BCUT2D eigenvalue weighted by molar-refractivity contribution is 7.90. The molecule has 1 aliphatic heterocycles. The Kier molecular flexibility index (Phi) is 9.24. The fourth-order valence-electron chi connectivity index (χ4n) is 5.69. The Morgan fingerprint density at radius 2 is 1.67 bits per heavy atom. The minimum absolute atomic E-state index is 0.00662. The van der Waals surface area contributed by atoms with Gasteiger partial charge < -0.3 is 18.6 Å². The normalized spacial score (nSPS) is 16.3. The van der Waals surface area contributed by atoms with Crippen molar-refractivity contribution in [2.75, 3.05) is 30.9 Å². The monoisotopic (exact) mass is 648 g/mol. The highest BCUT2D eigenvalue weighted by Gasteiger charge is 2.50. The van der Waals surface area contributed by atoms with Crippen molar-refractivity contribution in [1.82, 2.24) is 15.0 Å². The van der Waals surface area contributed by atoms with E-state index < -0.39 is 49.5 Å². The first-order chi connectivity index (χ1) is 20.4. The first-order valence-electron chi connectivity index (χ1n) is 13.8. The molecule has 0 aliphatic carbocycles. The predicted octanol–water partition coefficient (Wildman–Crippen LogP) is 5.35. The molecule has 7 nitrogen and oxygen atoms in total. The Hall–Kier alpha value is -2.90. The van der Waals surface area contributed by atoms with Crippen LogP contribution in [0.2, 0.25) is 10.2 Å². The molecular weight excluding hydrogens is 617 g/mol. The van der Waals surface area contributed by atoms with Crippen LogP contribution < -0.4 is 20.0 Å². The molecule has 5 rings (SSSR count). The molecule has 3 heterocycles. The number of rotatable bonds is 9. The lowest BCUT2D eigenvalue weighted by Gasteiger charge is -2.43. The Morgan fingerprint density at radius 1 is 1.07 bits per heavy atom. The summed E-state index contributed by atoms with van der Waals surface area (Å²) in [5.41, 5.74) is -0.284. The standard InChI is InChI=1S/C30H32ClF3N4O3SSi/c1-30(2,3)43(20-11-7-5-8-12-20,21-13-9-6-10-14-21)41-16-15-19-18-40-28-23-25(24(34)26(31)36-28)35-29(42(4)39)37-27(23)38(19)17-22(32)33/h5-14,19,22H,15-18H2,1-4H3/t19-,42?/m0/s1. The second-order valence-electron chi connectivity index (χ2n) is 11.3. The van der Waals surface area contributed by atoms with Crippen molar-refractivity contribution in [1.29, 1.82) is 0 Å². The lowest BCUT2D eigenvalue weighted by atomic mass is 10.1. The number of halogens is 4. The number of anilines is 1. The lowest BCUT2D eigenvalue weighted by Crippen LogP contribution is -2.66. The Labute approximate surface area is 257 Å². The van der Waals surface area contributed by atoms with E-state index in [1.165, 1.54) is 11.2 Å². The summed E-state index contributed by atoms with van der Waals surface area (Å²) in [5.74, 6) is -1.06. The molecule has 0 bridgehead atoms. The van der Waals surface area contributed by atoms with Crippen molar-refractivity contribution in [3.8, 4) is 5.88 Å². The third kappa shape index (κ3) is 6.08. The molecule has 0 saturated carbocycles. The molecule has 228 valence electrons. The van der Waals surface area contributed by atoms with Gasteiger partial charge in [-0.3, -0.25) is 0 Å². The summed E-state index contributed by atoms with van der Waals surface area (Å²) in [6, 6.07) is 19.5. The van der Waals surface area contributed by atoms with Crippen LogP contribution in [0.3, 0.4) is 0 Å². The van der Waals surface area contributed by atoms with Crippen LogP contribution in [0.25, 0.3) is 10.9 Å². The van der Waals surface area contributed by atoms with Gasteiger partial charge in [-0.05, 0) is 21.8 Å². The molecule has 0 spiro atoms. The molecule has 0 fully saturated rings. The van der Waals surface area contributed by atoms with Gasteiger partial charge in [-0.1, -0.05) is 93.0 Å². The van der Waals surface area contributed by atoms with Crippen molar-refractivity contribution in [2.45, 2.75) is 49.9 Å². The smallest absolute Gasteiger partial charge is 0.345 e. The van der Waals surface area contributed by atoms with Gasteiger partial charge in [-0.25, -0.2) is 13.2 Å². The molecule has 0 saturated heterocycles. The van der Waals surface area contributed by atoms with Gasteiger partial charge in [0.1, 0.15) is 23.8 Å². The number of hydrogen-bond donors (Lipinski definition) is 0. The van der Waals surface area contributed by atoms with Crippen LogP contribution in [0, 0.1) is 5.82 Å². The number of nitrogens with zero attached hydrogens (tertiary/aromatic N) is 4. The fourth-order valence-corrected chi connectivity index (χ4v) is 10.9. The molecule has 2 aromatic carbocycles. The van der Waals surface area contributed by atoms with Gasteiger partial charge >= 0.3 is 5.16 Å². The molecule has 13 heteroatoms. The SMILES string of the molecule is C[S+]([O-])c1nc2c3c(nc(Cl)c(F)c3n1)OC[C@H](CCO[Si](c1ccccc1)(c1ccccc1)C(C)(C)C)N2CC(F)F. The van der Waals surface area contributed by atoms with Crippen LogP contribution in [-0.4, -0.2) is 66.3 Å². The molecule has 0 radical (unpaired) electrons. The van der Waals surface area contributed by atoms with Crippen molar-refractivity contribution in [3.05, 3.63) is 71.6 Å². The zero-order valence-electron chi connectivity index (χ0n) is 24.2. The van der Waals surface area contributed by atoms with E-state index >= 15 is 4.39 Å². The van der Waals surface area contributed by atoms with E-state index in [4.69, 9.17) is 20.8 Å². The number of aromatic nitrogens is 3. The quantitative estimate of drug-likeness (QED) is 0.105. The number of benzene rings is 2. The maximum absolute atomic E-state index is 15.1. The average molecular weight is 649 g/mol. The summed E-state index contributed by atoms with van der Waals surface area (Å²) in [5, 5.41) is 1.19. The second-order valence-corrected chi connectivity index (χ2v) is 17.3. The van der Waals surface area contributed by atoms with E-state index in [0.29, 0.717) is 0 Å². The van der Waals surface area contributed by atoms with Crippen LogP contribution in [-0.2, 0) is 15.6 Å². The van der Waals surface area contributed by atoms with E-state index in [1.54, 1.807) is 0 Å². The highest BCUT2D eigenvalue weighted by Crippen LogP contribution is 2.40. The van der Waals surface area contributed by atoms with Gasteiger partial charge in [0.2, 0.25) is 5.88 Å². The van der Waals surface area contributed by atoms with Crippen molar-refractivity contribution < 1.29 is 26.9 Å². The minimum atomic E-state index is -2.90. The molecule has 2 atom stereocenters. The van der Waals surface area contributed by atoms with Gasteiger partial charge in [-0.15, -0.1) is 0 Å². The Morgan fingerprint density at radius 3 is 2.21 bits per heavy atom. The maximum Gasteiger partial charge on any atom is 0.345 e. The predicted molar refractivity (Wildman–Crippen MR) is 165 cm³/mol. The summed E-state index contributed by atoms with van der Waals surface area (Å²) < 4.78 is 68.6. The van der Waals surface area contributed by atoms with E-state index in [2.05, 4.69) is 60.0 Å². The van der Waals surface area contributed by atoms with Gasteiger partial charge in [0.25, 0.3) is 14.7 Å². The van der Waals surface area contributed by atoms with Crippen LogP contribution in [0.15, 0.2) is 65.8 Å². The van der Waals surface area contributed by atoms with Crippen molar-refractivity contribution >= 4 is 58.2 Å². The number of alkyl halides is 2. The average Bonchev–Trinajstić information content (AvgIpc) is 3.11. The second kappa shape index (κ2) is 12.6. The van der Waals surface area contributed by atoms with Crippen LogP contribution in [0.4, 0.5) is 19.0 Å². The molecule has 1 unspecified atom stereocenters. The highest BCUT2D eigenvalue weighted by atomic mass is 35.5. The molecule has 0 amide bonds. The first kappa shape index (κ1) is 31.5. The molecule has 1 aliphatic rings. The molecule has 2 aromatic heterocycles. The lowest BCUT2D eigenvalue weighted by molar-refractivity contribution is 0.145. The van der Waals surface area contributed by atoms with Gasteiger partial charge in [0, 0.05) is 17.8 Å². The maximum atomic E-state index is 15.1. The molecule has 43 heavy (non-hydrogen) atoms. The van der Waals surface area contributed by atoms with Gasteiger partial charge in [-0.2, -0.15) is 15.0 Å². The first-order valence-corrected chi connectivity index (χ1v) is 17.6. The summed E-state index contributed by atoms with van der Waals surface area (Å²) in [7, 11) is -2.90. The fraction of sp³-hybridized carbons (Fsp3) is 0.367. The third-order valence-corrected chi connectivity index (χ3v) is 13.6. The molecule has 0 N–H and O–H groups in total. The summed E-state index contributed by atoms with van der Waals surface area (Å²) >= 11 is 4.30. The van der Waals surface area contributed by atoms with Crippen molar-refractivity contribution in [3.63, 3.8) is 0 Å². The van der Waals surface area contributed by atoms with Gasteiger partial charge in [0.15, 0.2) is 16.8 Å². The van der Waals surface area contributed by atoms with E-state index in [1.807, 2.05) is 36.4 Å². The number of hydrogen-bond acceptors (Lipinski definition) is 7. The zero-order chi connectivity index (χ0) is 30.9. The topological polar surface area (TPSA) is 83.4 Å². The Bertz CT molecular complexity index is 1540.